The van der Waals surface area contributed by atoms with Gasteiger partial charge in [-0.05, 0) is 33.1 Å². The Morgan fingerprint density at radius 1 is 1.44 bits per heavy atom. The molecule has 0 radical (unpaired) electrons. The zero-order valence-corrected chi connectivity index (χ0v) is 9.85. The standard InChI is InChI=1S/C11H20N2O3/c1-7(2)13(6-10(14)15)11(16)8-3-4-9(12)5-8/h7-9H,3-6,12H2,1-2H3,(H,14,15). The summed E-state index contributed by atoms with van der Waals surface area (Å²) < 4.78 is 0. The quantitative estimate of drug-likeness (QED) is 0.731. The molecular weight excluding hydrogens is 208 g/mol. The Morgan fingerprint density at radius 2 is 2.06 bits per heavy atom. The molecule has 1 saturated carbocycles. The molecule has 1 fully saturated rings. The minimum atomic E-state index is -0.968. The van der Waals surface area contributed by atoms with Crippen molar-refractivity contribution < 1.29 is 14.7 Å². The number of rotatable bonds is 4. The molecule has 16 heavy (non-hydrogen) atoms. The fourth-order valence-electron chi connectivity index (χ4n) is 2.14. The van der Waals surface area contributed by atoms with Gasteiger partial charge in [-0.3, -0.25) is 9.59 Å². The summed E-state index contributed by atoms with van der Waals surface area (Å²) >= 11 is 0. The Morgan fingerprint density at radius 3 is 2.44 bits per heavy atom. The number of hydrogen-bond donors (Lipinski definition) is 2. The number of carbonyl (C=O) groups excluding carboxylic acids is 1. The highest BCUT2D eigenvalue weighted by molar-refractivity contribution is 5.83. The summed E-state index contributed by atoms with van der Waals surface area (Å²) in [6.07, 6.45) is 2.32. The molecule has 0 saturated heterocycles. The zero-order valence-electron chi connectivity index (χ0n) is 9.85. The van der Waals surface area contributed by atoms with E-state index in [0.717, 1.165) is 12.8 Å². The van der Waals surface area contributed by atoms with Crippen molar-refractivity contribution in [1.29, 1.82) is 0 Å². The van der Waals surface area contributed by atoms with Crippen LogP contribution in [0, 0.1) is 5.92 Å². The third-order valence-electron chi connectivity index (χ3n) is 3.03. The number of carbonyl (C=O) groups is 2. The van der Waals surface area contributed by atoms with Crippen molar-refractivity contribution in [1.82, 2.24) is 4.90 Å². The Hall–Kier alpha value is -1.10. The largest absolute Gasteiger partial charge is 0.480 e. The predicted octanol–water partition coefficient (Wildman–Crippen LogP) is 0.435. The molecule has 0 aromatic heterocycles. The van der Waals surface area contributed by atoms with Crippen LogP contribution in [0.15, 0.2) is 0 Å². The minimum absolute atomic E-state index is 0.0645. The second-order valence-corrected chi connectivity index (χ2v) is 4.72. The van der Waals surface area contributed by atoms with Gasteiger partial charge in [0, 0.05) is 18.0 Å². The summed E-state index contributed by atoms with van der Waals surface area (Å²) in [6, 6.07) is 0.00761. The number of carboxylic acid groups (broad SMARTS) is 1. The van der Waals surface area contributed by atoms with E-state index in [-0.39, 0.29) is 30.5 Å². The molecule has 0 aromatic carbocycles. The molecule has 5 heteroatoms. The highest BCUT2D eigenvalue weighted by Gasteiger charge is 2.32. The van der Waals surface area contributed by atoms with Gasteiger partial charge in [0.2, 0.25) is 5.91 Å². The molecule has 0 aliphatic heterocycles. The predicted molar refractivity (Wildman–Crippen MR) is 59.8 cm³/mol. The molecule has 5 nitrogen and oxygen atoms in total. The van der Waals surface area contributed by atoms with E-state index in [2.05, 4.69) is 0 Å². The fraction of sp³-hybridized carbons (Fsp3) is 0.818. The van der Waals surface area contributed by atoms with Crippen molar-refractivity contribution in [3.63, 3.8) is 0 Å². The maximum atomic E-state index is 12.1. The normalized spacial score (nSPS) is 24.8. The van der Waals surface area contributed by atoms with E-state index in [1.54, 1.807) is 0 Å². The van der Waals surface area contributed by atoms with Crippen molar-refractivity contribution in [3.8, 4) is 0 Å². The smallest absolute Gasteiger partial charge is 0.323 e. The van der Waals surface area contributed by atoms with Gasteiger partial charge in [0.1, 0.15) is 6.54 Å². The van der Waals surface area contributed by atoms with Crippen LogP contribution in [0.5, 0.6) is 0 Å². The van der Waals surface area contributed by atoms with E-state index in [1.807, 2.05) is 13.8 Å². The summed E-state index contributed by atoms with van der Waals surface area (Å²) in [5.41, 5.74) is 5.75. The lowest BCUT2D eigenvalue weighted by molar-refractivity contribution is -0.147. The molecule has 1 aliphatic rings. The van der Waals surface area contributed by atoms with Gasteiger partial charge in [-0.25, -0.2) is 0 Å². The van der Waals surface area contributed by atoms with Crippen LogP contribution in [-0.2, 0) is 9.59 Å². The molecule has 0 spiro atoms. The molecule has 2 atom stereocenters. The van der Waals surface area contributed by atoms with Gasteiger partial charge in [0.25, 0.3) is 0 Å². The highest BCUT2D eigenvalue weighted by Crippen LogP contribution is 2.26. The second kappa shape index (κ2) is 5.30. The number of carboxylic acids is 1. The van der Waals surface area contributed by atoms with E-state index < -0.39 is 5.97 Å². The number of nitrogens with zero attached hydrogens (tertiary/aromatic N) is 1. The molecule has 1 amide bonds. The molecule has 1 rings (SSSR count). The Bertz CT molecular complexity index is 278. The van der Waals surface area contributed by atoms with Gasteiger partial charge >= 0.3 is 5.97 Å². The second-order valence-electron chi connectivity index (χ2n) is 4.72. The van der Waals surface area contributed by atoms with E-state index in [0.29, 0.717) is 6.42 Å². The molecule has 0 aromatic rings. The van der Waals surface area contributed by atoms with Crippen LogP contribution in [0.4, 0.5) is 0 Å². The van der Waals surface area contributed by atoms with E-state index in [4.69, 9.17) is 10.8 Å². The molecule has 0 bridgehead atoms. The van der Waals surface area contributed by atoms with Crippen molar-refractivity contribution in [2.75, 3.05) is 6.54 Å². The first-order valence-corrected chi connectivity index (χ1v) is 5.69. The van der Waals surface area contributed by atoms with Crippen LogP contribution in [0.3, 0.4) is 0 Å². The number of aliphatic carboxylic acids is 1. The topological polar surface area (TPSA) is 83.6 Å². The van der Waals surface area contributed by atoms with Gasteiger partial charge < -0.3 is 15.7 Å². The van der Waals surface area contributed by atoms with Gasteiger partial charge in [-0.1, -0.05) is 0 Å². The van der Waals surface area contributed by atoms with Crippen LogP contribution in [0.1, 0.15) is 33.1 Å². The Labute approximate surface area is 95.6 Å². The van der Waals surface area contributed by atoms with Gasteiger partial charge in [-0.2, -0.15) is 0 Å². The first kappa shape index (κ1) is 13.0. The minimum Gasteiger partial charge on any atom is -0.480 e. The molecule has 92 valence electrons. The molecular formula is C11H20N2O3. The molecule has 2 unspecified atom stereocenters. The van der Waals surface area contributed by atoms with Gasteiger partial charge in [-0.15, -0.1) is 0 Å². The lowest BCUT2D eigenvalue weighted by Gasteiger charge is -2.27. The molecule has 1 aliphatic carbocycles. The summed E-state index contributed by atoms with van der Waals surface area (Å²) in [5.74, 6) is -1.12. The van der Waals surface area contributed by atoms with E-state index >= 15 is 0 Å². The summed E-state index contributed by atoms with van der Waals surface area (Å²) in [7, 11) is 0. The van der Waals surface area contributed by atoms with Crippen molar-refractivity contribution in [2.24, 2.45) is 11.7 Å². The first-order valence-electron chi connectivity index (χ1n) is 5.69. The van der Waals surface area contributed by atoms with Gasteiger partial charge in [0.15, 0.2) is 0 Å². The third-order valence-corrected chi connectivity index (χ3v) is 3.03. The average Bonchev–Trinajstić information content (AvgIpc) is 2.59. The third kappa shape index (κ3) is 3.20. The number of hydrogen-bond acceptors (Lipinski definition) is 3. The average molecular weight is 228 g/mol. The van der Waals surface area contributed by atoms with Gasteiger partial charge in [0.05, 0.1) is 0 Å². The van der Waals surface area contributed by atoms with Crippen LogP contribution in [0.25, 0.3) is 0 Å². The molecule has 3 N–H and O–H groups in total. The lowest BCUT2D eigenvalue weighted by Crippen LogP contribution is -2.43. The number of amides is 1. The van der Waals surface area contributed by atoms with Crippen LogP contribution >= 0.6 is 0 Å². The molecule has 0 heterocycles. The summed E-state index contributed by atoms with van der Waals surface area (Å²) in [5, 5.41) is 8.76. The van der Waals surface area contributed by atoms with Crippen LogP contribution in [0.2, 0.25) is 0 Å². The SMILES string of the molecule is CC(C)N(CC(=O)O)C(=O)C1CCC(N)C1. The summed E-state index contributed by atoms with van der Waals surface area (Å²) in [6.45, 7) is 3.44. The van der Waals surface area contributed by atoms with E-state index in [1.165, 1.54) is 4.90 Å². The maximum Gasteiger partial charge on any atom is 0.323 e. The van der Waals surface area contributed by atoms with Crippen LogP contribution in [-0.4, -0.2) is 40.5 Å². The first-order chi connectivity index (χ1) is 7.41. The maximum absolute atomic E-state index is 12.1. The fourth-order valence-corrected chi connectivity index (χ4v) is 2.14. The van der Waals surface area contributed by atoms with E-state index in [9.17, 15) is 9.59 Å². The number of nitrogens with two attached hydrogens (primary N) is 1. The Kier molecular flexibility index (Phi) is 4.29. The zero-order chi connectivity index (χ0) is 12.3. The van der Waals surface area contributed by atoms with Crippen molar-refractivity contribution >= 4 is 11.9 Å². The highest BCUT2D eigenvalue weighted by atomic mass is 16.4. The summed E-state index contributed by atoms with van der Waals surface area (Å²) in [4.78, 5) is 24.2. The van der Waals surface area contributed by atoms with Crippen molar-refractivity contribution in [2.45, 2.75) is 45.2 Å². The Balaban J connectivity index is 2.63. The lowest BCUT2D eigenvalue weighted by atomic mass is 10.1. The van der Waals surface area contributed by atoms with Crippen LogP contribution < -0.4 is 5.73 Å². The monoisotopic (exact) mass is 228 g/mol. The van der Waals surface area contributed by atoms with Crippen molar-refractivity contribution in [3.05, 3.63) is 0 Å².